The summed E-state index contributed by atoms with van der Waals surface area (Å²) >= 11 is 0. The fourth-order valence-electron chi connectivity index (χ4n) is 2.78. The van der Waals surface area contributed by atoms with Crippen LogP contribution in [-0.4, -0.2) is 35.3 Å². The average molecular weight is 315 g/mol. The molecule has 4 N–H and O–H groups in total. The summed E-state index contributed by atoms with van der Waals surface area (Å²) in [5.74, 6) is -0.0645. The molecule has 1 aliphatic rings. The van der Waals surface area contributed by atoms with Crippen molar-refractivity contribution in [3.05, 3.63) is 12.3 Å². The van der Waals surface area contributed by atoms with Crippen LogP contribution < -0.4 is 10.5 Å². The first-order chi connectivity index (χ1) is 9.95. The minimum atomic E-state index is -3.77. The summed E-state index contributed by atoms with van der Waals surface area (Å²) in [7, 11) is -2.22. The lowest BCUT2D eigenvalue weighted by molar-refractivity contribution is 0.297. The van der Waals surface area contributed by atoms with E-state index >= 15 is 0 Å². The Balaban J connectivity index is 2.24. The molecule has 0 radical (unpaired) electrons. The van der Waals surface area contributed by atoms with Crippen LogP contribution in [0.15, 0.2) is 22.4 Å². The zero-order valence-electron chi connectivity index (χ0n) is 11.9. The van der Waals surface area contributed by atoms with Crippen LogP contribution in [0, 0.1) is 5.92 Å². The molecule has 1 saturated carbocycles. The first kappa shape index (κ1) is 15.8. The minimum absolute atomic E-state index is 0.0395. The van der Waals surface area contributed by atoms with Crippen molar-refractivity contribution in [2.45, 2.75) is 43.2 Å². The predicted molar refractivity (Wildman–Crippen MR) is 77.3 cm³/mol. The number of hydrogen-bond acceptors (Lipinski definition) is 5. The van der Waals surface area contributed by atoms with Crippen molar-refractivity contribution in [3.63, 3.8) is 0 Å². The molecule has 1 aliphatic carbocycles. The van der Waals surface area contributed by atoms with Crippen molar-refractivity contribution in [1.29, 1.82) is 0 Å². The van der Waals surface area contributed by atoms with E-state index in [0.29, 0.717) is 0 Å². The summed E-state index contributed by atoms with van der Waals surface area (Å²) in [6.45, 7) is 0. The highest BCUT2D eigenvalue weighted by molar-refractivity contribution is 7.89. The summed E-state index contributed by atoms with van der Waals surface area (Å²) in [5, 5.41) is 15.8. The first-order valence-electron chi connectivity index (χ1n) is 6.93. The van der Waals surface area contributed by atoms with Gasteiger partial charge in [0.2, 0.25) is 0 Å². The largest absolute Gasteiger partial charge is 0.409 e. The average Bonchev–Trinajstić information content (AvgIpc) is 2.92. The van der Waals surface area contributed by atoms with Gasteiger partial charge >= 0.3 is 0 Å². The first-order valence-corrected chi connectivity index (χ1v) is 8.42. The molecule has 0 amide bonds. The third-order valence-corrected chi connectivity index (χ3v) is 5.40. The van der Waals surface area contributed by atoms with E-state index in [-0.39, 0.29) is 16.8 Å². The van der Waals surface area contributed by atoms with Gasteiger partial charge in [0.15, 0.2) is 10.9 Å². The van der Waals surface area contributed by atoms with Crippen LogP contribution in [0.4, 0.5) is 0 Å². The number of nitrogens with zero attached hydrogens (tertiary/aromatic N) is 3. The lowest BCUT2D eigenvalue weighted by atomic mass is 9.84. The number of amidine groups is 1. The predicted octanol–water partition coefficient (Wildman–Crippen LogP) is 0.394. The van der Waals surface area contributed by atoms with Crippen LogP contribution in [-0.2, 0) is 17.1 Å². The SMILES string of the molecule is Cn1nccc1S(=O)(=O)NC(/C(N)=N/O)C1CCCCC1. The van der Waals surface area contributed by atoms with Crippen molar-refractivity contribution >= 4 is 15.9 Å². The summed E-state index contributed by atoms with van der Waals surface area (Å²) in [6.07, 6.45) is 6.30. The van der Waals surface area contributed by atoms with Gasteiger partial charge in [-0.25, -0.2) is 8.42 Å². The fourth-order valence-corrected chi connectivity index (χ4v) is 4.18. The molecule has 0 saturated heterocycles. The van der Waals surface area contributed by atoms with Crippen LogP contribution in [0.2, 0.25) is 0 Å². The Morgan fingerprint density at radius 1 is 1.52 bits per heavy atom. The van der Waals surface area contributed by atoms with E-state index in [2.05, 4.69) is 15.0 Å². The Morgan fingerprint density at radius 3 is 2.71 bits per heavy atom. The summed E-state index contributed by atoms with van der Waals surface area (Å²) in [4.78, 5) is 0. The number of nitrogens with two attached hydrogens (primary N) is 1. The van der Waals surface area contributed by atoms with Gasteiger partial charge in [0.05, 0.1) is 12.2 Å². The summed E-state index contributed by atoms with van der Waals surface area (Å²) in [6, 6.07) is 0.710. The summed E-state index contributed by atoms with van der Waals surface area (Å²) in [5.41, 5.74) is 5.70. The molecule has 1 fully saturated rings. The molecule has 1 heterocycles. The molecule has 9 heteroatoms. The van der Waals surface area contributed by atoms with Gasteiger partial charge < -0.3 is 10.9 Å². The Hall–Kier alpha value is -1.61. The molecular weight excluding hydrogens is 294 g/mol. The molecule has 1 unspecified atom stereocenters. The van der Waals surface area contributed by atoms with Gasteiger partial charge in [-0.05, 0) is 24.8 Å². The normalized spacial score (nSPS) is 19.6. The highest BCUT2D eigenvalue weighted by Crippen LogP contribution is 2.27. The molecule has 0 aliphatic heterocycles. The fraction of sp³-hybridized carbons (Fsp3) is 0.667. The molecule has 0 spiro atoms. The second-order valence-electron chi connectivity index (χ2n) is 5.31. The van der Waals surface area contributed by atoms with Gasteiger partial charge in [-0.1, -0.05) is 24.4 Å². The zero-order chi connectivity index (χ0) is 15.5. The number of hydrogen-bond donors (Lipinski definition) is 3. The van der Waals surface area contributed by atoms with Gasteiger partial charge in [-0.2, -0.15) is 9.82 Å². The lowest BCUT2D eigenvalue weighted by Gasteiger charge is -2.29. The van der Waals surface area contributed by atoms with Gasteiger partial charge in [-0.3, -0.25) is 4.68 Å². The van der Waals surface area contributed by atoms with E-state index in [9.17, 15) is 8.42 Å². The molecule has 1 aromatic heterocycles. The highest BCUT2D eigenvalue weighted by atomic mass is 32.2. The molecule has 1 atom stereocenters. The van der Waals surface area contributed by atoms with Crippen LogP contribution in [0.3, 0.4) is 0 Å². The van der Waals surface area contributed by atoms with Gasteiger partial charge in [0, 0.05) is 7.05 Å². The van der Waals surface area contributed by atoms with Crippen LogP contribution in [0.25, 0.3) is 0 Å². The maximum atomic E-state index is 12.4. The third-order valence-electron chi connectivity index (χ3n) is 3.89. The second-order valence-corrected chi connectivity index (χ2v) is 6.98. The van der Waals surface area contributed by atoms with Gasteiger partial charge in [0.25, 0.3) is 10.0 Å². The number of oxime groups is 1. The van der Waals surface area contributed by atoms with E-state index in [1.807, 2.05) is 0 Å². The Morgan fingerprint density at radius 2 is 2.19 bits per heavy atom. The van der Waals surface area contributed by atoms with Gasteiger partial charge in [-0.15, -0.1) is 0 Å². The van der Waals surface area contributed by atoms with E-state index in [1.54, 1.807) is 7.05 Å². The van der Waals surface area contributed by atoms with Crippen molar-refractivity contribution < 1.29 is 13.6 Å². The molecule has 2 rings (SSSR count). The molecule has 1 aromatic rings. The molecular formula is C12H21N5O3S. The van der Waals surface area contributed by atoms with Crippen molar-refractivity contribution in [3.8, 4) is 0 Å². The van der Waals surface area contributed by atoms with Crippen molar-refractivity contribution in [2.24, 2.45) is 23.9 Å². The summed E-state index contributed by atoms with van der Waals surface area (Å²) < 4.78 is 28.7. The molecule has 118 valence electrons. The highest BCUT2D eigenvalue weighted by Gasteiger charge is 2.32. The maximum absolute atomic E-state index is 12.4. The molecule has 8 nitrogen and oxygen atoms in total. The topological polar surface area (TPSA) is 123 Å². The Bertz CT molecular complexity index is 604. The number of aromatic nitrogens is 2. The number of sulfonamides is 1. The zero-order valence-corrected chi connectivity index (χ0v) is 12.8. The smallest absolute Gasteiger partial charge is 0.258 e. The lowest BCUT2D eigenvalue weighted by Crippen LogP contribution is -2.49. The van der Waals surface area contributed by atoms with E-state index < -0.39 is 16.1 Å². The van der Waals surface area contributed by atoms with Crippen molar-refractivity contribution in [2.75, 3.05) is 0 Å². The molecule has 21 heavy (non-hydrogen) atoms. The van der Waals surface area contributed by atoms with Crippen molar-refractivity contribution in [1.82, 2.24) is 14.5 Å². The van der Waals surface area contributed by atoms with E-state index in [1.165, 1.54) is 16.9 Å². The Labute approximate surface area is 124 Å². The van der Waals surface area contributed by atoms with E-state index in [4.69, 9.17) is 10.9 Å². The number of rotatable bonds is 5. The van der Waals surface area contributed by atoms with Crippen LogP contribution in [0.5, 0.6) is 0 Å². The monoisotopic (exact) mass is 315 g/mol. The molecule has 0 aromatic carbocycles. The second kappa shape index (κ2) is 6.44. The van der Waals surface area contributed by atoms with E-state index in [0.717, 1.165) is 32.1 Å². The minimum Gasteiger partial charge on any atom is -0.409 e. The molecule has 0 bridgehead atoms. The standard InChI is InChI=1S/C12H21N5O3S/c1-17-10(7-8-14-17)21(19,20)16-11(12(13)15-18)9-5-3-2-4-6-9/h7-9,11,16,18H,2-6H2,1H3,(H2,13,15). The maximum Gasteiger partial charge on any atom is 0.258 e. The number of aryl methyl sites for hydroxylation is 1. The number of nitrogens with one attached hydrogen (secondary N) is 1. The van der Waals surface area contributed by atoms with Crippen LogP contribution >= 0.6 is 0 Å². The third kappa shape index (κ3) is 3.53. The van der Waals surface area contributed by atoms with Crippen LogP contribution in [0.1, 0.15) is 32.1 Å². The van der Waals surface area contributed by atoms with Gasteiger partial charge in [0.1, 0.15) is 0 Å². The quantitative estimate of drug-likeness (QED) is 0.314. The Kier molecular flexibility index (Phi) is 4.84.